The van der Waals surface area contributed by atoms with Crippen LogP contribution in [0.25, 0.3) is 0 Å². The minimum Gasteiger partial charge on any atom is -0.479 e. The van der Waals surface area contributed by atoms with Gasteiger partial charge in [0.05, 0.1) is 18.8 Å². The van der Waals surface area contributed by atoms with Crippen LogP contribution in [-0.4, -0.2) is 44.8 Å². The Balaban J connectivity index is 2.31. The van der Waals surface area contributed by atoms with Crippen LogP contribution in [0.5, 0.6) is 0 Å². The number of aromatic nitrogens is 2. The van der Waals surface area contributed by atoms with Crippen LogP contribution in [0.2, 0.25) is 0 Å². The second kappa shape index (κ2) is 6.50. The summed E-state index contributed by atoms with van der Waals surface area (Å²) in [6, 6.07) is 1.07. The molecule has 1 unspecified atom stereocenters. The summed E-state index contributed by atoms with van der Waals surface area (Å²) in [6.45, 7) is 1.56. The van der Waals surface area contributed by atoms with E-state index in [0.29, 0.717) is 11.5 Å². The molecule has 0 saturated heterocycles. The Morgan fingerprint density at radius 3 is 2.78 bits per heavy atom. The van der Waals surface area contributed by atoms with Crippen LogP contribution in [-0.2, 0) is 11.3 Å². The number of carboxylic acids is 1. The topological polar surface area (TPSA) is 124 Å². The zero-order valence-electron chi connectivity index (χ0n) is 9.75. The van der Waals surface area contributed by atoms with Crippen LogP contribution in [0.4, 0.5) is 4.79 Å². The number of hydrogen-bond acceptors (Lipinski definition) is 5. The first-order valence-corrected chi connectivity index (χ1v) is 5.20. The fourth-order valence-corrected chi connectivity index (χ4v) is 1.11. The fraction of sp³-hybridized carbons (Fsp3) is 0.400. The van der Waals surface area contributed by atoms with E-state index in [0.717, 1.165) is 0 Å². The lowest BCUT2D eigenvalue weighted by molar-refractivity contribution is -0.146. The largest absolute Gasteiger partial charge is 0.479 e. The maximum absolute atomic E-state index is 11.3. The number of carbonyl (C=O) groups is 2. The molecule has 0 radical (unpaired) electrons. The maximum Gasteiger partial charge on any atom is 0.334 e. The number of carboxylic acid groups (broad SMARTS) is 1. The van der Waals surface area contributed by atoms with Crippen molar-refractivity contribution in [3.63, 3.8) is 0 Å². The molecular formula is C10H14N4O4. The monoisotopic (exact) mass is 254 g/mol. The Morgan fingerprint density at radius 1 is 1.44 bits per heavy atom. The van der Waals surface area contributed by atoms with Gasteiger partial charge < -0.3 is 20.8 Å². The summed E-state index contributed by atoms with van der Waals surface area (Å²) in [4.78, 5) is 29.5. The smallest absolute Gasteiger partial charge is 0.334 e. The molecule has 1 aromatic heterocycles. The van der Waals surface area contributed by atoms with Crippen LogP contribution >= 0.6 is 0 Å². The fourth-order valence-electron chi connectivity index (χ4n) is 1.11. The van der Waals surface area contributed by atoms with Gasteiger partial charge in [0, 0.05) is 6.20 Å². The third-order valence-corrected chi connectivity index (χ3v) is 2.00. The first-order chi connectivity index (χ1) is 8.49. The van der Waals surface area contributed by atoms with Gasteiger partial charge in [-0.3, -0.25) is 0 Å². The van der Waals surface area contributed by atoms with Gasteiger partial charge in [0.25, 0.3) is 0 Å². The van der Waals surface area contributed by atoms with E-state index in [1.807, 2.05) is 0 Å². The van der Waals surface area contributed by atoms with E-state index < -0.39 is 18.1 Å². The molecule has 8 nitrogen and oxygen atoms in total. The number of nitrogens with zero attached hydrogens (tertiary/aromatic N) is 2. The van der Waals surface area contributed by atoms with Gasteiger partial charge in [-0.2, -0.15) is 0 Å². The molecule has 1 heterocycles. The molecule has 0 aliphatic carbocycles. The summed E-state index contributed by atoms with van der Waals surface area (Å²) in [6.07, 6.45) is -0.0390. The first kappa shape index (κ1) is 13.8. The zero-order chi connectivity index (χ0) is 13.5. The van der Waals surface area contributed by atoms with Gasteiger partial charge >= 0.3 is 12.0 Å². The van der Waals surface area contributed by atoms with Gasteiger partial charge in [-0.25, -0.2) is 19.6 Å². The highest BCUT2D eigenvalue weighted by Gasteiger charge is 2.13. The summed E-state index contributed by atoms with van der Waals surface area (Å²) in [5.41, 5.74) is 0.636. The molecule has 0 aliphatic rings. The molecule has 0 fully saturated rings. The Hall–Kier alpha value is -2.22. The van der Waals surface area contributed by atoms with Gasteiger partial charge in [-0.05, 0) is 13.0 Å². The molecule has 0 bridgehead atoms. The average Bonchev–Trinajstić information content (AvgIpc) is 2.33. The van der Waals surface area contributed by atoms with Gasteiger partial charge in [0.1, 0.15) is 5.82 Å². The van der Waals surface area contributed by atoms with Gasteiger partial charge in [-0.15, -0.1) is 0 Å². The summed E-state index contributed by atoms with van der Waals surface area (Å²) >= 11 is 0. The number of carbonyl (C=O) groups excluding carboxylic acids is 1. The van der Waals surface area contributed by atoms with Crippen molar-refractivity contribution in [2.75, 3.05) is 6.54 Å². The predicted molar refractivity (Wildman–Crippen MR) is 60.7 cm³/mol. The lowest BCUT2D eigenvalue weighted by Gasteiger charge is -2.09. The number of rotatable bonds is 5. The molecule has 0 aromatic carbocycles. The second-order valence-electron chi connectivity index (χ2n) is 3.51. The molecule has 0 saturated carbocycles. The Bertz CT molecular complexity index is 438. The number of aliphatic hydroxyl groups excluding tert-OH is 1. The van der Waals surface area contributed by atoms with Crippen molar-refractivity contribution in [3.8, 4) is 0 Å². The standard InChI is InChI=1S/C10H14N4O4/c1-6-11-3-2-7(14-6)4-12-10(18)13-5-8(15)9(16)17/h2-3,8,15H,4-5H2,1H3,(H,16,17)(H2,12,13,18). The summed E-state index contributed by atoms with van der Waals surface area (Å²) in [5, 5.41) is 22.0. The van der Waals surface area contributed by atoms with Crippen LogP contribution < -0.4 is 10.6 Å². The average molecular weight is 254 g/mol. The molecule has 8 heteroatoms. The molecule has 0 spiro atoms. The van der Waals surface area contributed by atoms with Crippen molar-refractivity contribution in [2.24, 2.45) is 0 Å². The number of aliphatic hydroxyl groups is 1. The van der Waals surface area contributed by atoms with Crippen LogP contribution in [0, 0.1) is 6.92 Å². The summed E-state index contributed by atoms with van der Waals surface area (Å²) in [7, 11) is 0. The van der Waals surface area contributed by atoms with Crippen LogP contribution in [0.1, 0.15) is 11.5 Å². The number of nitrogens with one attached hydrogen (secondary N) is 2. The van der Waals surface area contributed by atoms with Crippen molar-refractivity contribution in [1.29, 1.82) is 0 Å². The lowest BCUT2D eigenvalue weighted by atomic mass is 10.3. The predicted octanol–water partition coefficient (Wildman–Crippen LogP) is -0.970. The Kier molecular flexibility index (Phi) is 5.00. The number of aliphatic carboxylic acids is 1. The van der Waals surface area contributed by atoms with E-state index in [1.165, 1.54) is 0 Å². The van der Waals surface area contributed by atoms with Crippen LogP contribution in [0.15, 0.2) is 12.3 Å². The van der Waals surface area contributed by atoms with Gasteiger partial charge in [-0.1, -0.05) is 0 Å². The molecule has 4 N–H and O–H groups in total. The van der Waals surface area contributed by atoms with E-state index in [1.54, 1.807) is 19.2 Å². The van der Waals surface area contributed by atoms with E-state index in [4.69, 9.17) is 10.2 Å². The molecule has 2 amide bonds. The van der Waals surface area contributed by atoms with E-state index in [2.05, 4.69) is 20.6 Å². The van der Waals surface area contributed by atoms with Crippen molar-refractivity contribution >= 4 is 12.0 Å². The SMILES string of the molecule is Cc1nccc(CNC(=O)NCC(O)C(=O)O)n1. The Morgan fingerprint density at radius 2 is 2.17 bits per heavy atom. The maximum atomic E-state index is 11.3. The molecule has 1 atom stereocenters. The van der Waals surface area contributed by atoms with E-state index in [-0.39, 0.29) is 13.1 Å². The van der Waals surface area contributed by atoms with Crippen LogP contribution in [0.3, 0.4) is 0 Å². The lowest BCUT2D eigenvalue weighted by Crippen LogP contribution is -2.41. The third-order valence-electron chi connectivity index (χ3n) is 2.00. The minimum absolute atomic E-state index is 0.193. The number of aryl methyl sites for hydroxylation is 1. The third kappa shape index (κ3) is 4.74. The van der Waals surface area contributed by atoms with E-state index in [9.17, 15) is 9.59 Å². The minimum atomic E-state index is -1.61. The molecule has 1 aromatic rings. The molecule has 1 rings (SSSR count). The van der Waals surface area contributed by atoms with Crippen molar-refractivity contribution in [2.45, 2.75) is 19.6 Å². The van der Waals surface area contributed by atoms with Gasteiger partial charge in [0.2, 0.25) is 0 Å². The summed E-state index contributed by atoms with van der Waals surface area (Å²) < 4.78 is 0. The van der Waals surface area contributed by atoms with Crippen molar-refractivity contribution in [3.05, 3.63) is 23.8 Å². The highest BCUT2D eigenvalue weighted by atomic mass is 16.4. The Labute approximate surface area is 103 Å². The molecular weight excluding hydrogens is 240 g/mol. The number of hydrogen-bond donors (Lipinski definition) is 4. The van der Waals surface area contributed by atoms with Crippen molar-refractivity contribution < 1.29 is 19.8 Å². The van der Waals surface area contributed by atoms with Gasteiger partial charge in [0.15, 0.2) is 6.10 Å². The highest BCUT2D eigenvalue weighted by molar-refractivity contribution is 5.76. The first-order valence-electron chi connectivity index (χ1n) is 5.20. The quantitative estimate of drug-likeness (QED) is 0.536. The van der Waals surface area contributed by atoms with E-state index >= 15 is 0 Å². The molecule has 18 heavy (non-hydrogen) atoms. The zero-order valence-corrected chi connectivity index (χ0v) is 9.75. The highest BCUT2D eigenvalue weighted by Crippen LogP contribution is 1.93. The second-order valence-corrected chi connectivity index (χ2v) is 3.51. The summed E-state index contributed by atoms with van der Waals surface area (Å²) in [5.74, 6) is -0.794. The molecule has 98 valence electrons. The number of amides is 2. The number of urea groups is 1. The normalized spacial score (nSPS) is 11.7. The van der Waals surface area contributed by atoms with Crippen molar-refractivity contribution in [1.82, 2.24) is 20.6 Å². The molecule has 0 aliphatic heterocycles.